The normalized spacial score (nSPS) is 33.6. The summed E-state index contributed by atoms with van der Waals surface area (Å²) in [6.07, 6.45) is 8.82. The fraction of sp³-hybridized carbons (Fsp3) is 0.455. The molecule has 0 radical (unpaired) electrons. The van der Waals surface area contributed by atoms with Crippen molar-refractivity contribution in [2.24, 2.45) is 17.8 Å². The lowest BCUT2D eigenvalue weighted by atomic mass is 9.48. The summed E-state index contributed by atoms with van der Waals surface area (Å²) in [6, 6.07) is 17.2. The van der Waals surface area contributed by atoms with Crippen molar-refractivity contribution in [1.82, 2.24) is 0 Å². The molecule has 0 atom stereocenters. The van der Waals surface area contributed by atoms with Gasteiger partial charge in [0.25, 0.3) is 0 Å². The van der Waals surface area contributed by atoms with E-state index < -0.39 is 0 Å². The first-order valence-electron chi connectivity index (χ1n) is 9.42. The number of nitrogen functional groups attached to an aromatic ring is 1. The molecule has 2 aromatic rings. The summed E-state index contributed by atoms with van der Waals surface area (Å²) in [5, 5.41) is 3.47. The average molecular weight is 318 g/mol. The minimum atomic E-state index is 0.491. The zero-order chi connectivity index (χ0) is 16.1. The first-order chi connectivity index (χ1) is 11.7. The van der Waals surface area contributed by atoms with Crippen molar-refractivity contribution < 1.29 is 0 Å². The topological polar surface area (TPSA) is 38.0 Å². The molecule has 4 saturated carbocycles. The monoisotopic (exact) mass is 318 g/mol. The molecule has 0 aromatic heterocycles. The minimum absolute atomic E-state index is 0.491. The molecule has 0 aliphatic heterocycles. The number of nitrogens with two attached hydrogens (primary N) is 1. The maximum atomic E-state index is 5.87. The molecule has 4 aliphatic rings. The van der Waals surface area contributed by atoms with E-state index in [4.69, 9.17) is 5.73 Å². The van der Waals surface area contributed by atoms with Crippen molar-refractivity contribution in [3.05, 3.63) is 54.1 Å². The molecular weight excluding hydrogens is 292 g/mol. The third-order valence-electron chi connectivity index (χ3n) is 6.71. The van der Waals surface area contributed by atoms with E-state index in [2.05, 4.69) is 35.6 Å². The predicted molar refractivity (Wildman–Crippen MR) is 100 cm³/mol. The Bertz CT molecular complexity index is 712. The van der Waals surface area contributed by atoms with Crippen molar-refractivity contribution >= 4 is 17.1 Å². The Morgan fingerprint density at radius 3 is 2.00 bits per heavy atom. The predicted octanol–water partition coefficient (Wildman–Crippen LogP) is 5.48. The van der Waals surface area contributed by atoms with Crippen molar-refractivity contribution in [1.29, 1.82) is 0 Å². The number of hydrogen-bond acceptors (Lipinski definition) is 2. The van der Waals surface area contributed by atoms with Gasteiger partial charge in [-0.2, -0.15) is 0 Å². The highest BCUT2D eigenvalue weighted by Gasteiger charge is 2.51. The van der Waals surface area contributed by atoms with Crippen LogP contribution < -0.4 is 11.1 Å². The van der Waals surface area contributed by atoms with Gasteiger partial charge in [0, 0.05) is 17.1 Å². The van der Waals surface area contributed by atoms with Gasteiger partial charge in [-0.15, -0.1) is 0 Å². The van der Waals surface area contributed by atoms with Gasteiger partial charge in [0.05, 0.1) is 0 Å². The summed E-state index contributed by atoms with van der Waals surface area (Å²) < 4.78 is 0. The third kappa shape index (κ3) is 2.40. The maximum absolute atomic E-state index is 5.87. The molecule has 24 heavy (non-hydrogen) atoms. The molecule has 2 aromatic carbocycles. The van der Waals surface area contributed by atoms with Crippen LogP contribution >= 0.6 is 0 Å². The molecule has 2 heteroatoms. The second-order valence-electron chi connectivity index (χ2n) is 8.53. The second-order valence-corrected chi connectivity index (χ2v) is 8.53. The molecule has 2 nitrogen and oxygen atoms in total. The molecule has 124 valence electrons. The molecule has 0 unspecified atom stereocenters. The van der Waals surface area contributed by atoms with E-state index in [1.54, 1.807) is 5.56 Å². The highest BCUT2D eigenvalue weighted by molar-refractivity contribution is 5.63. The first kappa shape index (κ1) is 14.4. The van der Waals surface area contributed by atoms with Crippen LogP contribution in [0.25, 0.3) is 0 Å². The smallest absolute Gasteiger partial charge is 0.0404 e. The van der Waals surface area contributed by atoms with Crippen LogP contribution in [0.15, 0.2) is 48.5 Å². The van der Waals surface area contributed by atoms with Gasteiger partial charge in [0.15, 0.2) is 0 Å². The van der Waals surface area contributed by atoms with Crippen molar-refractivity contribution in [3.63, 3.8) is 0 Å². The van der Waals surface area contributed by atoms with Gasteiger partial charge < -0.3 is 11.1 Å². The molecular formula is C22H26N2. The van der Waals surface area contributed by atoms with Crippen LogP contribution in [0.5, 0.6) is 0 Å². The van der Waals surface area contributed by atoms with Gasteiger partial charge in [-0.25, -0.2) is 0 Å². The fourth-order valence-electron chi connectivity index (χ4n) is 6.15. The van der Waals surface area contributed by atoms with Gasteiger partial charge in [-0.05, 0) is 97.6 Å². The molecule has 6 rings (SSSR count). The lowest BCUT2D eigenvalue weighted by Gasteiger charge is -2.57. The van der Waals surface area contributed by atoms with Crippen molar-refractivity contribution in [3.8, 4) is 0 Å². The van der Waals surface area contributed by atoms with E-state index >= 15 is 0 Å². The highest BCUT2D eigenvalue weighted by Crippen LogP contribution is 2.60. The number of nitrogens with one attached hydrogen (secondary N) is 1. The van der Waals surface area contributed by atoms with E-state index in [-0.39, 0.29) is 0 Å². The standard InChI is InChI=1S/C22H26N2/c23-19-2-1-3-21(11-19)24-20-6-4-18(5-7-20)22-12-15-8-16(13-22)10-17(9-15)14-22/h1-7,11,15-17,24H,8-10,12-14,23H2. The summed E-state index contributed by atoms with van der Waals surface area (Å²) >= 11 is 0. The Labute approximate surface area is 144 Å². The van der Waals surface area contributed by atoms with E-state index in [0.717, 1.165) is 34.8 Å². The fourth-order valence-corrected chi connectivity index (χ4v) is 6.15. The van der Waals surface area contributed by atoms with Gasteiger partial charge in [-0.1, -0.05) is 18.2 Å². The van der Waals surface area contributed by atoms with E-state index in [1.165, 1.54) is 38.5 Å². The van der Waals surface area contributed by atoms with E-state index in [0.29, 0.717) is 5.41 Å². The van der Waals surface area contributed by atoms with Crippen LogP contribution in [0.2, 0.25) is 0 Å². The molecule has 4 fully saturated rings. The molecule has 0 amide bonds. The Kier molecular flexibility index (Phi) is 3.16. The van der Waals surface area contributed by atoms with E-state index in [9.17, 15) is 0 Å². The zero-order valence-electron chi connectivity index (χ0n) is 14.2. The number of anilines is 3. The van der Waals surface area contributed by atoms with Gasteiger partial charge in [0.1, 0.15) is 0 Å². The summed E-state index contributed by atoms with van der Waals surface area (Å²) in [5.41, 5.74) is 10.9. The summed E-state index contributed by atoms with van der Waals surface area (Å²) in [7, 11) is 0. The second kappa shape index (κ2) is 5.27. The third-order valence-corrected chi connectivity index (χ3v) is 6.71. The minimum Gasteiger partial charge on any atom is -0.399 e. The van der Waals surface area contributed by atoms with Crippen LogP contribution in [-0.4, -0.2) is 0 Å². The summed E-state index contributed by atoms with van der Waals surface area (Å²) in [4.78, 5) is 0. The molecule has 3 N–H and O–H groups in total. The number of hydrogen-bond donors (Lipinski definition) is 2. The lowest BCUT2D eigenvalue weighted by Crippen LogP contribution is -2.48. The molecule has 0 spiro atoms. The molecule has 4 aliphatic carbocycles. The summed E-state index contributed by atoms with van der Waals surface area (Å²) in [6.45, 7) is 0. The van der Waals surface area contributed by atoms with Crippen molar-refractivity contribution in [2.75, 3.05) is 11.1 Å². The van der Waals surface area contributed by atoms with Crippen LogP contribution in [0.3, 0.4) is 0 Å². The maximum Gasteiger partial charge on any atom is 0.0404 e. The summed E-state index contributed by atoms with van der Waals surface area (Å²) in [5.74, 6) is 3.00. The van der Waals surface area contributed by atoms with Gasteiger partial charge in [0.2, 0.25) is 0 Å². The zero-order valence-corrected chi connectivity index (χ0v) is 14.2. The number of rotatable bonds is 3. The quantitative estimate of drug-likeness (QED) is 0.735. The Morgan fingerprint density at radius 2 is 1.42 bits per heavy atom. The van der Waals surface area contributed by atoms with Crippen LogP contribution in [0, 0.1) is 17.8 Å². The van der Waals surface area contributed by atoms with Crippen molar-refractivity contribution in [2.45, 2.75) is 43.9 Å². The Hall–Kier alpha value is -1.96. The van der Waals surface area contributed by atoms with Crippen LogP contribution in [0.1, 0.15) is 44.1 Å². The highest BCUT2D eigenvalue weighted by atomic mass is 14.9. The average Bonchev–Trinajstić information content (AvgIpc) is 2.54. The SMILES string of the molecule is Nc1cccc(Nc2ccc(C34CC5CC(CC(C5)C3)C4)cc2)c1. The molecule has 0 heterocycles. The molecule has 0 saturated heterocycles. The first-order valence-corrected chi connectivity index (χ1v) is 9.42. The van der Waals surface area contributed by atoms with Gasteiger partial charge in [-0.3, -0.25) is 0 Å². The van der Waals surface area contributed by atoms with Crippen LogP contribution in [0.4, 0.5) is 17.1 Å². The number of benzene rings is 2. The van der Waals surface area contributed by atoms with Crippen LogP contribution in [-0.2, 0) is 5.41 Å². The lowest BCUT2D eigenvalue weighted by molar-refractivity contribution is -0.00518. The van der Waals surface area contributed by atoms with E-state index in [1.807, 2.05) is 18.2 Å². The Balaban J connectivity index is 1.39. The molecule has 4 bridgehead atoms. The Morgan fingerprint density at radius 1 is 0.792 bits per heavy atom. The largest absolute Gasteiger partial charge is 0.399 e. The van der Waals surface area contributed by atoms with Gasteiger partial charge >= 0.3 is 0 Å².